The highest BCUT2D eigenvalue weighted by Gasteiger charge is 2.24. The molecule has 0 bridgehead atoms. The van der Waals surface area contributed by atoms with Crippen molar-refractivity contribution in [2.75, 3.05) is 19.4 Å². The molecule has 0 aromatic heterocycles. The van der Waals surface area contributed by atoms with E-state index >= 15 is 0 Å². The number of nitrogens with zero attached hydrogens (tertiary/aromatic N) is 2. The van der Waals surface area contributed by atoms with Gasteiger partial charge in [0, 0.05) is 26.7 Å². The summed E-state index contributed by atoms with van der Waals surface area (Å²) in [5.74, 6) is 0. The summed E-state index contributed by atoms with van der Waals surface area (Å²) in [6, 6.07) is 12.9. The minimum Gasteiger partial charge on any atom is -0.383 e. The van der Waals surface area contributed by atoms with E-state index in [1.807, 2.05) is 30.3 Å². The van der Waals surface area contributed by atoms with Crippen LogP contribution in [0.1, 0.15) is 5.56 Å². The van der Waals surface area contributed by atoms with Crippen LogP contribution >= 0.6 is 0 Å². The number of nitrogens with one attached hydrogen (secondary N) is 1. The highest BCUT2D eigenvalue weighted by molar-refractivity contribution is 7.89. The fourth-order valence-corrected chi connectivity index (χ4v) is 3.32. The van der Waals surface area contributed by atoms with Crippen LogP contribution in [0.3, 0.4) is 0 Å². The van der Waals surface area contributed by atoms with Crippen molar-refractivity contribution < 1.29 is 13.3 Å². The van der Waals surface area contributed by atoms with Crippen LogP contribution < -0.4 is 5.32 Å². The molecule has 0 atom stereocenters. The van der Waals surface area contributed by atoms with E-state index in [0.717, 1.165) is 11.6 Å². The van der Waals surface area contributed by atoms with Gasteiger partial charge in [-0.25, -0.2) is 8.42 Å². The summed E-state index contributed by atoms with van der Waals surface area (Å²) < 4.78 is 26.4. The molecule has 7 nitrogen and oxygen atoms in total. The van der Waals surface area contributed by atoms with Gasteiger partial charge < -0.3 is 5.32 Å². The third kappa shape index (κ3) is 3.66. The van der Waals surface area contributed by atoms with Crippen molar-refractivity contribution in [1.82, 2.24) is 4.31 Å². The Bertz CT molecular complexity index is 807. The van der Waals surface area contributed by atoms with E-state index in [1.54, 1.807) is 0 Å². The van der Waals surface area contributed by atoms with Crippen LogP contribution in [0, 0.1) is 10.1 Å². The molecule has 23 heavy (non-hydrogen) atoms. The predicted octanol–water partition coefficient (Wildman–Crippen LogP) is 2.46. The lowest BCUT2D eigenvalue weighted by Gasteiger charge is -2.17. The van der Waals surface area contributed by atoms with Gasteiger partial charge in [0.15, 0.2) is 0 Å². The van der Waals surface area contributed by atoms with E-state index in [1.165, 1.54) is 30.5 Å². The molecule has 122 valence electrons. The molecule has 0 amide bonds. The summed E-state index contributed by atoms with van der Waals surface area (Å²) in [6.45, 7) is 0.185. The highest BCUT2D eigenvalue weighted by Crippen LogP contribution is 2.28. The monoisotopic (exact) mass is 335 g/mol. The van der Waals surface area contributed by atoms with Crippen LogP contribution in [0.4, 0.5) is 11.4 Å². The van der Waals surface area contributed by atoms with Crippen molar-refractivity contribution in [3.8, 4) is 0 Å². The summed E-state index contributed by atoms with van der Waals surface area (Å²) in [7, 11) is -0.833. The largest absolute Gasteiger partial charge is 0.383 e. The number of benzene rings is 2. The molecule has 0 saturated heterocycles. The van der Waals surface area contributed by atoms with Crippen LogP contribution in [-0.4, -0.2) is 31.7 Å². The quantitative estimate of drug-likeness (QED) is 0.646. The van der Waals surface area contributed by atoms with E-state index in [4.69, 9.17) is 0 Å². The summed E-state index contributed by atoms with van der Waals surface area (Å²) >= 11 is 0. The second-order valence-electron chi connectivity index (χ2n) is 4.93. The van der Waals surface area contributed by atoms with Gasteiger partial charge in [-0.2, -0.15) is 4.31 Å². The molecule has 0 spiro atoms. The first kappa shape index (κ1) is 16.9. The van der Waals surface area contributed by atoms with Crippen LogP contribution in [-0.2, 0) is 16.6 Å². The van der Waals surface area contributed by atoms with Crippen molar-refractivity contribution in [1.29, 1.82) is 0 Å². The van der Waals surface area contributed by atoms with Crippen molar-refractivity contribution >= 4 is 21.4 Å². The number of hydrogen-bond acceptors (Lipinski definition) is 5. The molecule has 0 aliphatic heterocycles. The molecule has 2 aromatic rings. The van der Waals surface area contributed by atoms with Gasteiger partial charge in [0.25, 0.3) is 5.69 Å². The summed E-state index contributed by atoms with van der Waals surface area (Å²) in [5.41, 5.74) is 0.821. The first-order valence-electron chi connectivity index (χ1n) is 6.82. The molecule has 2 aromatic carbocycles. The summed E-state index contributed by atoms with van der Waals surface area (Å²) in [6.07, 6.45) is 0. The third-order valence-electron chi connectivity index (χ3n) is 3.39. The fourth-order valence-electron chi connectivity index (χ4n) is 2.14. The Morgan fingerprint density at radius 2 is 1.83 bits per heavy atom. The van der Waals surface area contributed by atoms with Gasteiger partial charge in [-0.15, -0.1) is 0 Å². The van der Waals surface area contributed by atoms with E-state index in [9.17, 15) is 18.5 Å². The lowest BCUT2D eigenvalue weighted by molar-refractivity contribution is -0.384. The lowest BCUT2D eigenvalue weighted by Crippen LogP contribution is -2.26. The van der Waals surface area contributed by atoms with Crippen LogP contribution in [0.25, 0.3) is 0 Å². The normalized spacial score (nSPS) is 11.4. The molecule has 0 aliphatic carbocycles. The molecule has 0 unspecified atom stereocenters. The molecule has 0 radical (unpaired) electrons. The van der Waals surface area contributed by atoms with E-state index < -0.39 is 14.9 Å². The van der Waals surface area contributed by atoms with E-state index in [0.29, 0.717) is 0 Å². The molecule has 0 aliphatic rings. The molecule has 0 saturated carbocycles. The maximum atomic E-state index is 12.6. The predicted molar refractivity (Wildman–Crippen MR) is 87.7 cm³/mol. The minimum absolute atomic E-state index is 0.110. The fraction of sp³-hybridized carbons (Fsp3) is 0.200. The Morgan fingerprint density at radius 3 is 2.39 bits per heavy atom. The number of rotatable bonds is 6. The van der Waals surface area contributed by atoms with Gasteiger partial charge in [0.05, 0.1) is 9.82 Å². The number of hydrogen-bond donors (Lipinski definition) is 1. The third-order valence-corrected chi connectivity index (χ3v) is 5.19. The smallest absolute Gasteiger partial charge is 0.293 e. The number of sulfonamides is 1. The van der Waals surface area contributed by atoms with Gasteiger partial charge in [-0.1, -0.05) is 30.3 Å². The molecule has 2 rings (SSSR count). The highest BCUT2D eigenvalue weighted by atomic mass is 32.2. The zero-order valence-corrected chi connectivity index (χ0v) is 13.6. The van der Waals surface area contributed by atoms with Crippen molar-refractivity contribution in [2.45, 2.75) is 11.4 Å². The second kappa shape index (κ2) is 6.76. The Hall–Kier alpha value is -2.45. The average Bonchev–Trinajstić information content (AvgIpc) is 2.54. The van der Waals surface area contributed by atoms with Gasteiger partial charge in [0.1, 0.15) is 5.69 Å². The maximum absolute atomic E-state index is 12.6. The van der Waals surface area contributed by atoms with Crippen molar-refractivity contribution in [3.63, 3.8) is 0 Å². The number of anilines is 1. The first-order valence-corrected chi connectivity index (χ1v) is 8.26. The molecule has 0 fully saturated rings. The zero-order valence-electron chi connectivity index (χ0n) is 12.8. The van der Waals surface area contributed by atoms with Gasteiger partial charge in [0.2, 0.25) is 10.0 Å². The minimum atomic E-state index is -3.82. The van der Waals surface area contributed by atoms with Crippen LogP contribution in [0.15, 0.2) is 53.4 Å². The van der Waals surface area contributed by atoms with Crippen molar-refractivity contribution in [2.24, 2.45) is 0 Å². The van der Waals surface area contributed by atoms with Gasteiger partial charge in [-0.05, 0) is 17.7 Å². The van der Waals surface area contributed by atoms with E-state index in [2.05, 4.69) is 5.32 Å². The SMILES string of the molecule is CNc1ccc(S(=O)(=O)N(C)Cc2ccccc2)cc1[N+](=O)[O-]. The summed E-state index contributed by atoms with van der Waals surface area (Å²) in [4.78, 5) is 10.4. The van der Waals surface area contributed by atoms with Crippen LogP contribution in [0.5, 0.6) is 0 Å². The molecule has 1 N–H and O–H groups in total. The Kier molecular flexibility index (Phi) is 4.97. The Balaban J connectivity index is 2.35. The van der Waals surface area contributed by atoms with Crippen molar-refractivity contribution in [3.05, 3.63) is 64.2 Å². The first-order chi connectivity index (χ1) is 10.9. The zero-order chi connectivity index (χ0) is 17.0. The number of nitro groups is 1. The maximum Gasteiger partial charge on any atom is 0.293 e. The summed E-state index contributed by atoms with van der Waals surface area (Å²) in [5, 5.41) is 13.8. The number of nitro benzene ring substituents is 1. The van der Waals surface area contributed by atoms with Gasteiger partial charge in [-0.3, -0.25) is 10.1 Å². The molecular formula is C15H17N3O4S. The topological polar surface area (TPSA) is 92.6 Å². The second-order valence-corrected chi connectivity index (χ2v) is 6.98. The molecular weight excluding hydrogens is 318 g/mol. The Morgan fingerprint density at radius 1 is 1.17 bits per heavy atom. The lowest BCUT2D eigenvalue weighted by atomic mass is 10.2. The van der Waals surface area contributed by atoms with Gasteiger partial charge >= 0.3 is 0 Å². The van der Waals surface area contributed by atoms with Crippen LogP contribution in [0.2, 0.25) is 0 Å². The average molecular weight is 335 g/mol. The standard InChI is InChI=1S/C15H17N3O4S/c1-16-14-9-8-13(10-15(14)18(19)20)23(21,22)17(2)11-12-6-4-3-5-7-12/h3-10,16H,11H2,1-2H3. The molecule has 8 heteroatoms. The van der Waals surface area contributed by atoms with E-state index in [-0.39, 0.29) is 22.8 Å². The molecule has 0 heterocycles. The Labute approximate surface area is 134 Å².